The van der Waals surface area contributed by atoms with Gasteiger partial charge in [-0.1, -0.05) is 0 Å². The second-order valence-electron chi connectivity index (χ2n) is 3.25. The van der Waals surface area contributed by atoms with Crippen LogP contribution in [0.5, 0.6) is 0 Å². The lowest BCUT2D eigenvalue weighted by molar-refractivity contribution is -0.108. The van der Waals surface area contributed by atoms with Crippen molar-refractivity contribution in [3.8, 4) is 0 Å². The van der Waals surface area contributed by atoms with E-state index < -0.39 is 15.9 Å². The van der Waals surface area contributed by atoms with Crippen molar-refractivity contribution in [3.05, 3.63) is 0 Å². The van der Waals surface area contributed by atoms with Gasteiger partial charge in [0.1, 0.15) is 0 Å². The van der Waals surface area contributed by atoms with E-state index in [4.69, 9.17) is 0 Å². The molecule has 0 atom stereocenters. The van der Waals surface area contributed by atoms with Crippen LogP contribution in [0.15, 0.2) is 0 Å². The van der Waals surface area contributed by atoms with Gasteiger partial charge in [-0.2, -0.15) is 0 Å². The molecule has 1 fully saturated rings. The number of nitrogens with one attached hydrogen (secondary N) is 1. The van der Waals surface area contributed by atoms with E-state index in [0.717, 1.165) is 6.26 Å². The fraction of sp³-hybridized carbons (Fsp3) is 1.00. The molecule has 0 radical (unpaired) electrons. The van der Waals surface area contributed by atoms with Gasteiger partial charge < -0.3 is 0 Å². The van der Waals surface area contributed by atoms with Crippen LogP contribution in [0.25, 0.3) is 0 Å². The molecule has 1 saturated carbocycles. The van der Waals surface area contributed by atoms with E-state index in [2.05, 4.69) is 4.72 Å². The Morgan fingerprint density at radius 3 is 2.33 bits per heavy atom. The number of sulfonamides is 1. The van der Waals surface area contributed by atoms with E-state index in [1.165, 1.54) is 0 Å². The Labute approximate surface area is 70.2 Å². The van der Waals surface area contributed by atoms with Gasteiger partial charge in [0.15, 0.2) is 0 Å². The van der Waals surface area contributed by atoms with Crippen molar-refractivity contribution < 1.29 is 17.2 Å². The monoisotopic (exact) mass is 199 g/mol. The highest BCUT2D eigenvalue weighted by molar-refractivity contribution is 7.88. The van der Waals surface area contributed by atoms with Crippen LogP contribution in [0.2, 0.25) is 0 Å². The maximum atomic E-state index is 12.2. The van der Waals surface area contributed by atoms with Crippen LogP contribution in [0.1, 0.15) is 12.8 Å². The molecular weight excluding hydrogens is 188 g/mol. The molecule has 1 aliphatic rings. The molecule has 12 heavy (non-hydrogen) atoms. The number of rotatable bonds is 3. The average Bonchev–Trinajstić information content (AvgIpc) is 1.76. The van der Waals surface area contributed by atoms with E-state index in [0.29, 0.717) is 0 Å². The number of halogens is 2. The van der Waals surface area contributed by atoms with Crippen LogP contribution in [-0.4, -0.2) is 27.1 Å². The summed E-state index contributed by atoms with van der Waals surface area (Å²) >= 11 is 0. The smallest absolute Gasteiger partial charge is 0.215 e. The molecule has 6 heteroatoms. The van der Waals surface area contributed by atoms with Crippen LogP contribution < -0.4 is 4.72 Å². The molecule has 0 aromatic rings. The van der Waals surface area contributed by atoms with Crippen molar-refractivity contribution in [3.63, 3.8) is 0 Å². The van der Waals surface area contributed by atoms with Gasteiger partial charge in [-0.25, -0.2) is 21.9 Å². The number of alkyl halides is 2. The molecule has 3 nitrogen and oxygen atoms in total. The zero-order valence-corrected chi connectivity index (χ0v) is 7.50. The third kappa shape index (κ3) is 3.02. The summed E-state index contributed by atoms with van der Waals surface area (Å²) in [5, 5.41) is 0. The molecule has 1 rings (SSSR count). The van der Waals surface area contributed by atoms with Crippen LogP contribution in [-0.2, 0) is 10.0 Å². The first-order valence-corrected chi connectivity index (χ1v) is 5.50. The second-order valence-corrected chi connectivity index (χ2v) is 5.08. The summed E-state index contributed by atoms with van der Waals surface area (Å²) in [5.74, 6) is -2.76. The summed E-state index contributed by atoms with van der Waals surface area (Å²) in [5.41, 5.74) is 0. The Hall–Kier alpha value is -0.230. The predicted molar refractivity (Wildman–Crippen MR) is 40.5 cm³/mol. The lowest BCUT2D eigenvalue weighted by Gasteiger charge is -2.34. The Morgan fingerprint density at radius 2 is 2.00 bits per heavy atom. The van der Waals surface area contributed by atoms with Gasteiger partial charge in [-0.05, 0) is 5.92 Å². The standard InChI is InChI=1S/C6H11F2NO2S/c1-12(10,11)9-4-5-2-6(7,8)3-5/h5,9H,2-4H2,1H3. The summed E-state index contributed by atoms with van der Waals surface area (Å²) in [6.45, 7) is 0.133. The van der Waals surface area contributed by atoms with Gasteiger partial charge in [-0.15, -0.1) is 0 Å². The van der Waals surface area contributed by atoms with E-state index in [1.54, 1.807) is 0 Å². The lowest BCUT2D eigenvalue weighted by atomic mass is 9.82. The molecule has 0 unspecified atom stereocenters. The quantitative estimate of drug-likeness (QED) is 0.722. The fourth-order valence-electron chi connectivity index (χ4n) is 1.20. The molecule has 0 spiro atoms. The summed E-state index contributed by atoms with van der Waals surface area (Å²) < 4.78 is 47.7. The molecule has 0 amide bonds. The Kier molecular flexibility index (Phi) is 2.40. The molecule has 0 bridgehead atoms. The SMILES string of the molecule is CS(=O)(=O)NCC1CC(F)(F)C1. The molecule has 0 aromatic heterocycles. The summed E-state index contributed by atoms with van der Waals surface area (Å²) in [4.78, 5) is 0. The molecule has 0 heterocycles. The minimum atomic E-state index is -3.23. The molecular formula is C6H11F2NO2S. The molecule has 0 aliphatic heterocycles. The maximum Gasteiger partial charge on any atom is 0.248 e. The highest BCUT2D eigenvalue weighted by atomic mass is 32.2. The topological polar surface area (TPSA) is 46.2 Å². The second kappa shape index (κ2) is 2.92. The van der Waals surface area contributed by atoms with Gasteiger partial charge in [-0.3, -0.25) is 0 Å². The van der Waals surface area contributed by atoms with E-state index in [-0.39, 0.29) is 25.3 Å². The van der Waals surface area contributed by atoms with E-state index >= 15 is 0 Å². The Bertz CT molecular complexity index is 255. The van der Waals surface area contributed by atoms with Gasteiger partial charge in [0.2, 0.25) is 15.9 Å². The van der Waals surface area contributed by atoms with Crippen LogP contribution in [0, 0.1) is 5.92 Å². The lowest BCUT2D eigenvalue weighted by Crippen LogP contribution is -2.42. The van der Waals surface area contributed by atoms with Crippen LogP contribution in [0.4, 0.5) is 8.78 Å². The number of hydrogen-bond donors (Lipinski definition) is 1. The third-order valence-electron chi connectivity index (χ3n) is 1.81. The van der Waals surface area contributed by atoms with Crippen LogP contribution in [0.3, 0.4) is 0 Å². The fourth-order valence-corrected chi connectivity index (χ4v) is 1.74. The zero-order valence-electron chi connectivity index (χ0n) is 6.68. The molecule has 1 aliphatic carbocycles. The first kappa shape index (κ1) is 9.85. The van der Waals surface area contributed by atoms with Crippen LogP contribution >= 0.6 is 0 Å². The van der Waals surface area contributed by atoms with Crippen molar-refractivity contribution in [2.24, 2.45) is 5.92 Å². The van der Waals surface area contributed by atoms with Crippen molar-refractivity contribution in [1.29, 1.82) is 0 Å². The third-order valence-corrected chi connectivity index (χ3v) is 2.50. The van der Waals surface area contributed by atoms with E-state index in [9.17, 15) is 17.2 Å². The molecule has 72 valence electrons. The summed E-state index contributed by atoms with van der Waals surface area (Å²) in [6, 6.07) is 0. The Morgan fingerprint density at radius 1 is 1.50 bits per heavy atom. The first-order valence-electron chi connectivity index (χ1n) is 3.61. The largest absolute Gasteiger partial charge is 0.248 e. The Balaban J connectivity index is 2.21. The van der Waals surface area contributed by atoms with Crippen molar-refractivity contribution in [2.45, 2.75) is 18.8 Å². The summed E-state index contributed by atoms with van der Waals surface area (Å²) in [7, 11) is -3.23. The normalized spacial score (nSPS) is 23.6. The zero-order chi connectivity index (χ0) is 9.41. The van der Waals surface area contributed by atoms with Crippen molar-refractivity contribution in [2.75, 3.05) is 12.8 Å². The maximum absolute atomic E-state index is 12.2. The molecule has 0 aromatic carbocycles. The van der Waals surface area contributed by atoms with Crippen molar-refractivity contribution in [1.82, 2.24) is 4.72 Å². The molecule has 1 N–H and O–H groups in total. The predicted octanol–water partition coefficient (Wildman–Crippen LogP) is 0.581. The summed E-state index contributed by atoms with van der Waals surface area (Å²) in [6.07, 6.45) is 0.620. The van der Waals surface area contributed by atoms with Crippen molar-refractivity contribution >= 4 is 10.0 Å². The average molecular weight is 199 g/mol. The van der Waals surface area contributed by atoms with E-state index in [1.807, 2.05) is 0 Å². The number of hydrogen-bond acceptors (Lipinski definition) is 2. The minimum Gasteiger partial charge on any atom is -0.215 e. The minimum absolute atomic E-state index is 0.133. The van der Waals surface area contributed by atoms with Gasteiger partial charge in [0, 0.05) is 19.4 Å². The highest BCUT2D eigenvalue weighted by Crippen LogP contribution is 2.41. The van der Waals surface area contributed by atoms with Gasteiger partial charge >= 0.3 is 0 Å². The first-order chi connectivity index (χ1) is 5.29. The highest BCUT2D eigenvalue weighted by Gasteiger charge is 2.44. The van der Waals surface area contributed by atoms with Gasteiger partial charge in [0.25, 0.3) is 0 Å². The van der Waals surface area contributed by atoms with Gasteiger partial charge in [0.05, 0.1) is 6.26 Å². The molecule has 0 saturated heterocycles.